The number of nitrogens with zero attached hydrogens (tertiary/aromatic N) is 2. The van der Waals surface area contributed by atoms with Gasteiger partial charge in [0.15, 0.2) is 0 Å². The molecule has 0 bridgehead atoms. The Balaban J connectivity index is 1.81. The fourth-order valence-corrected chi connectivity index (χ4v) is 3.41. The molecule has 0 saturated heterocycles. The van der Waals surface area contributed by atoms with Crippen LogP contribution >= 0.6 is 0 Å². The summed E-state index contributed by atoms with van der Waals surface area (Å²) in [5, 5.41) is 3.36. The number of aromatic nitrogens is 2. The lowest BCUT2D eigenvalue weighted by Crippen LogP contribution is -2.19. The minimum Gasteiger partial charge on any atom is -0.325 e. The molecule has 0 amide bonds. The second-order valence-corrected chi connectivity index (χ2v) is 6.18. The van der Waals surface area contributed by atoms with Crippen molar-refractivity contribution in [3.8, 4) is 0 Å². The van der Waals surface area contributed by atoms with Gasteiger partial charge in [-0.1, -0.05) is 48.5 Å². The van der Waals surface area contributed by atoms with Crippen molar-refractivity contribution in [3.05, 3.63) is 87.8 Å². The molecule has 24 heavy (non-hydrogen) atoms. The SMILES string of the molecule is Cc1ccccc1Nc1nc(=O)cc2n1C(c1ccccc1)CC2. The van der Waals surface area contributed by atoms with Gasteiger partial charge in [0.25, 0.3) is 5.56 Å². The van der Waals surface area contributed by atoms with Crippen LogP contribution in [0.4, 0.5) is 11.6 Å². The molecule has 2 aromatic carbocycles. The summed E-state index contributed by atoms with van der Waals surface area (Å²) in [5.74, 6) is 0.623. The van der Waals surface area contributed by atoms with E-state index in [1.807, 2.05) is 37.3 Å². The molecule has 4 rings (SSSR count). The lowest BCUT2D eigenvalue weighted by Gasteiger charge is -2.20. The van der Waals surface area contributed by atoms with Crippen molar-refractivity contribution >= 4 is 11.6 Å². The maximum absolute atomic E-state index is 12.0. The van der Waals surface area contributed by atoms with Crippen LogP contribution in [0.1, 0.15) is 29.3 Å². The van der Waals surface area contributed by atoms with Crippen molar-refractivity contribution in [2.24, 2.45) is 0 Å². The second-order valence-electron chi connectivity index (χ2n) is 6.18. The van der Waals surface area contributed by atoms with E-state index in [2.05, 4.69) is 39.1 Å². The van der Waals surface area contributed by atoms with Gasteiger partial charge in [-0.2, -0.15) is 4.98 Å². The molecule has 0 aliphatic carbocycles. The van der Waals surface area contributed by atoms with Crippen LogP contribution in [0.5, 0.6) is 0 Å². The smallest absolute Gasteiger partial charge is 0.274 e. The molecule has 1 aliphatic rings. The third-order valence-corrected chi connectivity index (χ3v) is 4.61. The topological polar surface area (TPSA) is 46.9 Å². The van der Waals surface area contributed by atoms with Crippen molar-refractivity contribution in [1.82, 2.24) is 9.55 Å². The standard InChI is InChI=1S/C20H19N3O/c1-14-7-5-6-10-17(14)21-20-22-19(24)13-16-11-12-18(23(16)20)15-8-3-2-4-9-15/h2-10,13,18H,11-12H2,1H3,(H,21,22,24). The first kappa shape index (κ1) is 14.7. The Morgan fingerprint density at radius 3 is 2.62 bits per heavy atom. The molecule has 2 heterocycles. The Kier molecular flexibility index (Phi) is 3.65. The second kappa shape index (κ2) is 5.96. The third-order valence-electron chi connectivity index (χ3n) is 4.61. The minimum absolute atomic E-state index is 0.189. The van der Waals surface area contributed by atoms with Gasteiger partial charge >= 0.3 is 0 Å². The van der Waals surface area contributed by atoms with Gasteiger partial charge in [0.05, 0.1) is 6.04 Å². The van der Waals surface area contributed by atoms with E-state index in [4.69, 9.17) is 0 Å². The molecule has 1 atom stereocenters. The molecule has 0 saturated carbocycles. The minimum atomic E-state index is -0.189. The van der Waals surface area contributed by atoms with E-state index in [1.54, 1.807) is 6.07 Å². The van der Waals surface area contributed by atoms with Crippen LogP contribution in [-0.2, 0) is 6.42 Å². The van der Waals surface area contributed by atoms with Crippen LogP contribution < -0.4 is 10.9 Å². The summed E-state index contributed by atoms with van der Waals surface area (Å²) in [6.07, 6.45) is 1.87. The van der Waals surface area contributed by atoms with Crippen LogP contribution in [0.2, 0.25) is 0 Å². The Morgan fingerprint density at radius 1 is 1.08 bits per heavy atom. The molecule has 3 aromatic rings. The molecule has 0 radical (unpaired) electrons. The number of para-hydroxylation sites is 1. The number of hydrogen-bond acceptors (Lipinski definition) is 3. The summed E-state index contributed by atoms with van der Waals surface area (Å²) >= 11 is 0. The van der Waals surface area contributed by atoms with Crippen molar-refractivity contribution in [2.75, 3.05) is 5.32 Å². The number of rotatable bonds is 3. The van der Waals surface area contributed by atoms with E-state index in [0.717, 1.165) is 29.8 Å². The van der Waals surface area contributed by atoms with Crippen LogP contribution in [0, 0.1) is 6.92 Å². The predicted octanol–water partition coefficient (Wildman–Crippen LogP) is 3.83. The number of aryl methyl sites for hydroxylation is 2. The van der Waals surface area contributed by atoms with E-state index in [-0.39, 0.29) is 11.6 Å². The van der Waals surface area contributed by atoms with E-state index in [0.29, 0.717) is 5.95 Å². The van der Waals surface area contributed by atoms with Gasteiger partial charge in [0.1, 0.15) is 0 Å². The first-order valence-electron chi connectivity index (χ1n) is 8.22. The van der Waals surface area contributed by atoms with E-state index in [9.17, 15) is 4.79 Å². The fourth-order valence-electron chi connectivity index (χ4n) is 3.41. The summed E-state index contributed by atoms with van der Waals surface area (Å²) in [7, 11) is 0. The van der Waals surface area contributed by atoms with Gasteiger partial charge in [-0.05, 0) is 37.0 Å². The van der Waals surface area contributed by atoms with Crippen molar-refractivity contribution in [1.29, 1.82) is 0 Å². The highest BCUT2D eigenvalue weighted by Crippen LogP contribution is 2.34. The number of anilines is 2. The molecule has 4 heteroatoms. The van der Waals surface area contributed by atoms with Gasteiger partial charge in [-0.25, -0.2) is 0 Å². The molecule has 1 aliphatic heterocycles. The maximum atomic E-state index is 12.0. The Bertz CT molecular complexity index is 931. The monoisotopic (exact) mass is 317 g/mol. The molecule has 120 valence electrons. The molecule has 1 aromatic heterocycles. The Hall–Kier alpha value is -2.88. The predicted molar refractivity (Wildman–Crippen MR) is 95.9 cm³/mol. The van der Waals surface area contributed by atoms with Crippen molar-refractivity contribution < 1.29 is 0 Å². The summed E-state index contributed by atoms with van der Waals surface area (Å²) in [6, 6.07) is 20.3. The Morgan fingerprint density at radius 2 is 1.83 bits per heavy atom. The van der Waals surface area contributed by atoms with Gasteiger partial charge in [0, 0.05) is 17.4 Å². The van der Waals surface area contributed by atoms with Gasteiger partial charge in [-0.15, -0.1) is 0 Å². The summed E-state index contributed by atoms with van der Waals surface area (Å²) < 4.78 is 2.17. The van der Waals surface area contributed by atoms with E-state index in [1.165, 1.54) is 5.56 Å². The number of fused-ring (bicyclic) bond motifs is 1. The summed E-state index contributed by atoms with van der Waals surface area (Å²) in [6.45, 7) is 2.04. The van der Waals surface area contributed by atoms with Gasteiger partial charge < -0.3 is 9.88 Å². The molecule has 1 unspecified atom stereocenters. The first-order valence-corrected chi connectivity index (χ1v) is 8.22. The lowest BCUT2D eigenvalue weighted by atomic mass is 10.1. The average molecular weight is 317 g/mol. The Labute approximate surface area is 140 Å². The van der Waals surface area contributed by atoms with E-state index < -0.39 is 0 Å². The first-order chi connectivity index (χ1) is 11.7. The fraction of sp³-hybridized carbons (Fsp3) is 0.200. The summed E-state index contributed by atoms with van der Waals surface area (Å²) in [4.78, 5) is 16.3. The average Bonchev–Trinajstić information content (AvgIpc) is 3.01. The molecular weight excluding hydrogens is 298 g/mol. The van der Waals surface area contributed by atoms with Gasteiger partial charge in [-0.3, -0.25) is 4.79 Å². The van der Waals surface area contributed by atoms with Crippen molar-refractivity contribution in [2.45, 2.75) is 25.8 Å². The highest BCUT2D eigenvalue weighted by Gasteiger charge is 2.26. The number of nitrogens with one attached hydrogen (secondary N) is 1. The summed E-state index contributed by atoms with van der Waals surface area (Å²) in [5.41, 5.74) is 4.20. The van der Waals surface area contributed by atoms with Crippen LogP contribution in [0.25, 0.3) is 0 Å². The quantitative estimate of drug-likeness (QED) is 0.798. The maximum Gasteiger partial charge on any atom is 0.274 e. The zero-order valence-corrected chi connectivity index (χ0v) is 13.6. The van der Waals surface area contributed by atoms with Crippen molar-refractivity contribution in [3.63, 3.8) is 0 Å². The molecule has 4 nitrogen and oxygen atoms in total. The molecule has 1 N–H and O–H groups in total. The largest absolute Gasteiger partial charge is 0.325 e. The highest BCUT2D eigenvalue weighted by molar-refractivity contribution is 5.58. The highest BCUT2D eigenvalue weighted by atomic mass is 16.1. The number of benzene rings is 2. The van der Waals surface area contributed by atoms with E-state index >= 15 is 0 Å². The van der Waals surface area contributed by atoms with Crippen LogP contribution in [0.3, 0.4) is 0 Å². The molecular formula is C20H19N3O. The zero-order chi connectivity index (χ0) is 16.5. The van der Waals surface area contributed by atoms with Crippen LogP contribution in [-0.4, -0.2) is 9.55 Å². The molecule has 0 spiro atoms. The third kappa shape index (κ3) is 2.60. The van der Waals surface area contributed by atoms with Gasteiger partial charge in [0.2, 0.25) is 5.95 Å². The normalized spacial score (nSPS) is 16.0. The van der Waals surface area contributed by atoms with Crippen LogP contribution in [0.15, 0.2) is 65.5 Å². The zero-order valence-electron chi connectivity index (χ0n) is 13.6. The number of hydrogen-bond donors (Lipinski definition) is 1. The lowest BCUT2D eigenvalue weighted by molar-refractivity contribution is 0.615. The molecule has 0 fully saturated rings.